The zero-order chi connectivity index (χ0) is 21.3. The molecule has 0 aliphatic carbocycles. The Bertz CT molecular complexity index is 1040. The summed E-state index contributed by atoms with van der Waals surface area (Å²) in [6, 6.07) is 24.6. The van der Waals surface area contributed by atoms with Crippen molar-refractivity contribution in [2.45, 2.75) is 17.1 Å². The van der Waals surface area contributed by atoms with Crippen LogP contribution in [0.1, 0.15) is 12.5 Å². The highest BCUT2D eigenvalue weighted by Crippen LogP contribution is 2.27. The molecule has 2 N–H and O–H groups in total. The number of nitrogens with one attached hydrogen (secondary N) is 2. The number of benzene rings is 3. The second-order valence-electron chi connectivity index (χ2n) is 6.49. The van der Waals surface area contributed by atoms with Crippen molar-refractivity contribution < 1.29 is 9.59 Å². The van der Waals surface area contributed by atoms with Crippen LogP contribution in [-0.4, -0.2) is 17.1 Å². The molecule has 0 bridgehead atoms. The Labute approximate surface area is 188 Å². The summed E-state index contributed by atoms with van der Waals surface area (Å²) in [5, 5.41) is 5.49. The largest absolute Gasteiger partial charge is 0.324 e. The lowest BCUT2D eigenvalue weighted by Crippen LogP contribution is -2.22. The molecule has 3 aromatic rings. The molecule has 0 spiro atoms. The van der Waals surface area contributed by atoms with Crippen LogP contribution in [0.5, 0.6) is 0 Å². The molecule has 1 unspecified atom stereocenters. The van der Waals surface area contributed by atoms with Gasteiger partial charge in [0.15, 0.2) is 0 Å². The fraction of sp³-hybridized carbons (Fsp3) is 0.0833. The van der Waals surface area contributed by atoms with Crippen molar-refractivity contribution in [1.82, 2.24) is 0 Å². The standard InChI is InChI=1S/C24H21BrN2O2S/c1-17(24(29)27-22-10-6-5-9-21(22)25)30-20-14-12-19(13-15-20)26-23(28)16-11-18-7-3-2-4-8-18/h2-17H,1H3,(H,26,28)(H,27,29)/b16-11+. The molecule has 0 aliphatic heterocycles. The van der Waals surface area contributed by atoms with Gasteiger partial charge in [-0.2, -0.15) is 0 Å². The molecule has 2 amide bonds. The van der Waals surface area contributed by atoms with Crippen LogP contribution in [0.2, 0.25) is 0 Å². The van der Waals surface area contributed by atoms with E-state index in [0.29, 0.717) is 5.69 Å². The minimum Gasteiger partial charge on any atom is -0.324 e. The van der Waals surface area contributed by atoms with Gasteiger partial charge in [-0.3, -0.25) is 9.59 Å². The third-order valence-corrected chi connectivity index (χ3v) is 5.97. The normalized spacial score (nSPS) is 11.8. The van der Waals surface area contributed by atoms with E-state index < -0.39 is 0 Å². The molecule has 1 atom stereocenters. The van der Waals surface area contributed by atoms with Gasteiger partial charge in [0.2, 0.25) is 11.8 Å². The van der Waals surface area contributed by atoms with Gasteiger partial charge in [-0.05, 0) is 70.9 Å². The van der Waals surface area contributed by atoms with Crippen molar-refractivity contribution >= 4 is 57.0 Å². The Balaban J connectivity index is 1.52. The number of anilines is 2. The molecule has 0 radical (unpaired) electrons. The van der Waals surface area contributed by atoms with Gasteiger partial charge in [0.1, 0.15) is 0 Å². The highest BCUT2D eigenvalue weighted by Gasteiger charge is 2.15. The predicted octanol–water partition coefficient (Wildman–Crippen LogP) is 6.22. The Kier molecular flexibility index (Phi) is 7.88. The molecular weight excluding hydrogens is 460 g/mol. The first-order valence-corrected chi connectivity index (χ1v) is 11.0. The molecule has 0 heterocycles. The van der Waals surface area contributed by atoms with E-state index in [1.807, 2.05) is 85.8 Å². The highest BCUT2D eigenvalue weighted by atomic mass is 79.9. The highest BCUT2D eigenvalue weighted by molar-refractivity contribution is 9.10. The van der Waals surface area contributed by atoms with E-state index in [9.17, 15) is 9.59 Å². The van der Waals surface area contributed by atoms with Crippen LogP contribution in [0, 0.1) is 0 Å². The molecular formula is C24H21BrN2O2S. The second kappa shape index (κ2) is 10.8. The van der Waals surface area contributed by atoms with Crippen molar-refractivity contribution in [3.05, 3.63) is 95.0 Å². The van der Waals surface area contributed by atoms with Gasteiger partial charge in [-0.25, -0.2) is 0 Å². The smallest absolute Gasteiger partial charge is 0.248 e. The summed E-state index contributed by atoms with van der Waals surface area (Å²) in [5.41, 5.74) is 2.41. The fourth-order valence-corrected chi connectivity index (χ4v) is 3.84. The van der Waals surface area contributed by atoms with Crippen LogP contribution in [0.4, 0.5) is 11.4 Å². The average molecular weight is 481 g/mol. The molecule has 3 rings (SSSR count). The number of para-hydroxylation sites is 1. The molecule has 0 aromatic heterocycles. The van der Waals surface area contributed by atoms with Gasteiger partial charge in [-0.15, -0.1) is 11.8 Å². The number of hydrogen-bond donors (Lipinski definition) is 2. The zero-order valence-corrected chi connectivity index (χ0v) is 18.7. The van der Waals surface area contributed by atoms with Crippen molar-refractivity contribution in [3.8, 4) is 0 Å². The van der Waals surface area contributed by atoms with E-state index in [2.05, 4.69) is 26.6 Å². The summed E-state index contributed by atoms with van der Waals surface area (Å²) >= 11 is 4.89. The summed E-state index contributed by atoms with van der Waals surface area (Å²) in [5.74, 6) is -0.268. The Hall–Kier alpha value is -2.83. The maximum absolute atomic E-state index is 12.5. The monoisotopic (exact) mass is 480 g/mol. The van der Waals surface area contributed by atoms with Gasteiger partial charge in [0.05, 0.1) is 10.9 Å². The predicted molar refractivity (Wildman–Crippen MR) is 129 cm³/mol. The van der Waals surface area contributed by atoms with Gasteiger partial charge >= 0.3 is 0 Å². The van der Waals surface area contributed by atoms with E-state index in [1.54, 1.807) is 6.08 Å². The molecule has 4 nitrogen and oxygen atoms in total. The van der Waals surface area contributed by atoms with Gasteiger partial charge in [0.25, 0.3) is 0 Å². The number of rotatable bonds is 7. The maximum Gasteiger partial charge on any atom is 0.248 e. The van der Waals surface area contributed by atoms with Crippen molar-refractivity contribution in [2.24, 2.45) is 0 Å². The lowest BCUT2D eigenvalue weighted by atomic mass is 10.2. The van der Waals surface area contributed by atoms with E-state index in [0.717, 1.165) is 20.6 Å². The summed E-state index contributed by atoms with van der Waals surface area (Å²) in [6.45, 7) is 1.86. The molecule has 0 saturated heterocycles. The summed E-state index contributed by atoms with van der Waals surface area (Å²) in [7, 11) is 0. The lowest BCUT2D eigenvalue weighted by Gasteiger charge is -2.13. The number of hydrogen-bond acceptors (Lipinski definition) is 3. The topological polar surface area (TPSA) is 58.2 Å². The summed E-state index contributed by atoms with van der Waals surface area (Å²) in [4.78, 5) is 25.5. The number of amides is 2. The van der Waals surface area contributed by atoms with Crippen molar-refractivity contribution in [1.29, 1.82) is 0 Å². The minimum absolute atomic E-state index is 0.0738. The first-order valence-electron chi connectivity index (χ1n) is 9.37. The Morgan fingerprint density at radius 3 is 2.27 bits per heavy atom. The van der Waals surface area contributed by atoms with E-state index in [4.69, 9.17) is 0 Å². The molecule has 0 aliphatic rings. The number of halogens is 1. The first-order chi connectivity index (χ1) is 14.5. The number of carbonyl (C=O) groups excluding carboxylic acids is 2. The van der Waals surface area contributed by atoms with Crippen molar-refractivity contribution in [3.63, 3.8) is 0 Å². The Morgan fingerprint density at radius 2 is 1.57 bits per heavy atom. The van der Waals surface area contributed by atoms with Crippen LogP contribution in [-0.2, 0) is 9.59 Å². The molecule has 30 heavy (non-hydrogen) atoms. The SMILES string of the molecule is CC(Sc1ccc(NC(=O)/C=C/c2ccccc2)cc1)C(=O)Nc1ccccc1Br. The summed E-state index contributed by atoms with van der Waals surface area (Å²) in [6.07, 6.45) is 3.27. The average Bonchev–Trinajstić information content (AvgIpc) is 2.76. The summed E-state index contributed by atoms with van der Waals surface area (Å²) < 4.78 is 0.844. The van der Waals surface area contributed by atoms with Gasteiger partial charge in [-0.1, -0.05) is 42.5 Å². The fourth-order valence-electron chi connectivity index (χ4n) is 2.59. The molecule has 0 fully saturated rings. The quantitative estimate of drug-likeness (QED) is 0.311. The van der Waals surface area contributed by atoms with E-state index in [-0.39, 0.29) is 17.1 Å². The van der Waals surface area contributed by atoms with Crippen LogP contribution in [0.3, 0.4) is 0 Å². The maximum atomic E-state index is 12.5. The van der Waals surface area contributed by atoms with Crippen LogP contribution in [0.25, 0.3) is 6.08 Å². The van der Waals surface area contributed by atoms with E-state index in [1.165, 1.54) is 17.8 Å². The second-order valence-corrected chi connectivity index (χ2v) is 8.76. The van der Waals surface area contributed by atoms with Gasteiger partial charge in [0, 0.05) is 21.1 Å². The molecule has 3 aromatic carbocycles. The zero-order valence-electron chi connectivity index (χ0n) is 16.3. The lowest BCUT2D eigenvalue weighted by molar-refractivity contribution is -0.115. The number of carbonyl (C=O) groups is 2. The van der Waals surface area contributed by atoms with Crippen LogP contribution in [0.15, 0.2) is 94.3 Å². The van der Waals surface area contributed by atoms with E-state index >= 15 is 0 Å². The first kappa shape index (κ1) is 21.9. The van der Waals surface area contributed by atoms with Gasteiger partial charge < -0.3 is 10.6 Å². The Morgan fingerprint density at radius 1 is 0.900 bits per heavy atom. The number of thioether (sulfide) groups is 1. The van der Waals surface area contributed by atoms with Crippen LogP contribution >= 0.6 is 27.7 Å². The molecule has 0 saturated carbocycles. The third-order valence-electron chi connectivity index (χ3n) is 4.16. The van der Waals surface area contributed by atoms with Crippen molar-refractivity contribution in [2.75, 3.05) is 10.6 Å². The van der Waals surface area contributed by atoms with Crippen LogP contribution < -0.4 is 10.6 Å². The third kappa shape index (κ3) is 6.61. The molecule has 6 heteroatoms. The minimum atomic E-state index is -0.272. The molecule has 152 valence electrons.